The molecule has 5 rings (SSSR count). The molecule has 11 heteroatoms. The number of ether oxygens (including phenoxy) is 3. The number of nitrogens with one attached hydrogen (secondary N) is 2. The number of carbonyl (C=O) groups is 2. The highest BCUT2D eigenvalue weighted by atomic mass is 19.1. The Hall–Kier alpha value is -4.93. The molecule has 9 nitrogen and oxygen atoms in total. The van der Waals surface area contributed by atoms with Crippen LogP contribution >= 0.6 is 0 Å². The van der Waals surface area contributed by atoms with Gasteiger partial charge in [0.1, 0.15) is 11.2 Å². The van der Waals surface area contributed by atoms with E-state index in [1.807, 2.05) is 0 Å². The summed E-state index contributed by atoms with van der Waals surface area (Å²) >= 11 is 0. The molecule has 1 saturated carbocycles. The fourth-order valence-electron chi connectivity index (χ4n) is 4.09. The minimum absolute atomic E-state index is 0.0923. The van der Waals surface area contributed by atoms with Crippen LogP contribution in [0.1, 0.15) is 12.8 Å². The summed E-state index contributed by atoms with van der Waals surface area (Å²) in [5.74, 6) is -2.24. The van der Waals surface area contributed by atoms with Gasteiger partial charge in [-0.3, -0.25) is 14.6 Å². The summed E-state index contributed by atoms with van der Waals surface area (Å²) in [6.45, 7) is 0. The summed E-state index contributed by atoms with van der Waals surface area (Å²) in [5.41, 5.74) is -0.524. The maximum Gasteiger partial charge on any atom is 0.240 e. The Morgan fingerprint density at radius 1 is 0.821 bits per heavy atom. The topological polar surface area (TPSA) is 119 Å². The summed E-state index contributed by atoms with van der Waals surface area (Å²) in [6, 6.07) is 12.2. The summed E-state index contributed by atoms with van der Waals surface area (Å²) in [4.78, 5) is 30.0. The zero-order valence-corrected chi connectivity index (χ0v) is 20.9. The summed E-state index contributed by atoms with van der Waals surface area (Å²) < 4.78 is 44.8. The molecule has 0 aliphatic heterocycles. The third-order valence-corrected chi connectivity index (χ3v) is 6.44. The van der Waals surface area contributed by atoms with Crippen LogP contribution in [0.4, 0.5) is 20.2 Å². The van der Waals surface area contributed by atoms with Gasteiger partial charge in [0, 0.05) is 41.2 Å². The maximum atomic E-state index is 15.0. The monoisotopic (exact) mass is 535 g/mol. The SMILES string of the molecule is COc1cc2nccc(Oc3ccc(NC(=O)C4(C(=O)Nc5ccc(F)c(O)c5)CC4)cc3F)c2cc1OC. The fourth-order valence-corrected chi connectivity index (χ4v) is 4.09. The minimum Gasteiger partial charge on any atom is -0.505 e. The lowest BCUT2D eigenvalue weighted by molar-refractivity contribution is -0.131. The number of fused-ring (bicyclic) bond motifs is 1. The molecule has 0 saturated heterocycles. The van der Waals surface area contributed by atoms with E-state index >= 15 is 4.39 Å². The highest BCUT2D eigenvalue weighted by molar-refractivity contribution is 6.17. The molecule has 0 bridgehead atoms. The van der Waals surface area contributed by atoms with Gasteiger partial charge in [-0.1, -0.05) is 0 Å². The van der Waals surface area contributed by atoms with Gasteiger partial charge in [0.15, 0.2) is 34.6 Å². The lowest BCUT2D eigenvalue weighted by atomic mass is 10.0. The van der Waals surface area contributed by atoms with E-state index in [4.69, 9.17) is 14.2 Å². The molecule has 1 aliphatic carbocycles. The Bertz CT molecular complexity index is 1610. The molecule has 200 valence electrons. The number of rotatable bonds is 8. The first-order valence-electron chi connectivity index (χ1n) is 11.8. The fraction of sp³-hybridized carbons (Fsp3) is 0.179. The number of benzene rings is 3. The molecular formula is C28H23F2N3O6. The van der Waals surface area contributed by atoms with Crippen molar-refractivity contribution in [1.29, 1.82) is 0 Å². The molecule has 1 heterocycles. The first-order chi connectivity index (χ1) is 18.7. The van der Waals surface area contributed by atoms with Gasteiger partial charge in [-0.2, -0.15) is 0 Å². The van der Waals surface area contributed by atoms with Crippen LogP contribution in [0.25, 0.3) is 10.9 Å². The number of methoxy groups -OCH3 is 2. The molecule has 0 atom stereocenters. The van der Waals surface area contributed by atoms with E-state index in [1.165, 1.54) is 38.6 Å². The molecule has 4 aromatic rings. The average molecular weight is 536 g/mol. The molecular weight excluding hydrogens is 512 g/mol. The van der Waals surface area contributed by atoms with Gasteiger partial charge < -0.3 is 30.0 Å². The lowest BCUT2D eigenvalue weighted by Gasteiger charge is -2.16. The summed E-state index contributed by atoms with van der Waals surface area (Å²) in [7, 11) is 3.00. The van der Waals surface area contributed by atoms with Crippen molar-refractivity contribution in [3.05, 3.63) is 72.4 Å². The van der Waals surface area contributed by atoms with Crippen molar-refractivity contribution in [2.24, 2.45) is 5.41 Å². The lowest BCUT2D eigenvalue weighted by Crippen LogP contribution is -2.35. The van der Waals surface area contributed by atoms with Crippen LogP contribution in [0.15, 0.2) is 60.8 Å². The van der Waals surface area contributed by atoms with Crippen molar-refractivity contribution in [3.8, 4) is 28.7 Å². The van der Waals surface area contributed by atoms with Crippen LogP contribution < -0.4 is 24.8 Å². The van der Waals surface area contributed by atoms with Crippen molar-refractivity contribution >= 4 is 34.1 Å². The molecule has 3 N–H and O–H groups in total. The number of carbonyl (C=O) groups excluding carboxylic acids is 2. The van der Waals surface area contributed by atoms with E-state index in [2.05, 4.69) is 15.6 Å². The van der Waals surface area contributed by atoms with Crippen LogP contribution in [0, 0.1) is 17.0 Å². The molecule has 1 aliphatic rings. The zero-order chi connectivity index (χ0) is 27.7. The van der Waals surface area contributed by atoms with Crippen molar-refractivity contribution in [3.63, 3.8) is 0 Å². The van der Waals surface area contributed by atoms with Crippen molar-refractivity contribution in [2.45, 2.75) is 12.8 Å². The van der Waals surface area contributed by atoms with E-state index in [9.17, 15) is 19.1 Å². The van der Waals surface area contributed by atoms with Crippen molar-refractivity contribution in [2.75, 3.05) is 24.9 Å². The number of phenols is 1. The number of aromatic nitrogens is 1. The third kappa shape index (κ3) is 4.98. The molecule has 0 radical (unpaired) electrons. The number of nitrogens with zero attached hydrogens (tertiary/aromatic N) is 1. The van der Waals surface area contributed by atoms with E-state index in [0.29, 0.717) is 28.2 Å². The average Bonchev–Trinajstić information content (AvgIpc) is 3.74. The van der Waals surface area contributed by atoms with Gasteiger partial charge in [-0.05, 0) is 49.2 Å². The minimum atomic E-state index is -1.36. The van der Waals surface area contributed by atoms with Crippen LogP contribution in [0.5, 0.6) is 28.7 Å². The number of amides is 2. The smallest absolute Gasteiger partial charge is 0.240 e. The Morgan fingerprint density at radius 2 is 1.46 bits per heavy atom. The molecule has 1 fully saturated rings. The van der Waals surface area contributed by atoms with Crippen LogP contribution in [0.2, 0.25) is 0 Å². The third-order valence-electron chi connectivity index (χ3n) is 6.44. The molecule has 3 aromatic carbocycles. The van der Waals surface area contributed by atoms with Crippen LogP contribution in [0.3, 0.4) is 0 Å². The number of anilines is 2. The van der Waals surface area contributed by atoms with E-state index in [0.717, 1.165) is 18.2 Å². The van der Waals surface area contributed by atoms with Gasteiger partial charge >= 0.3 is 0 Å². The molecule has 0 unspecified atom stereocenters. The standard InChI is InChI=1S/C28H23F2N3O6/c1-37-24-13-17-20(14-25(24)38-2)31-10-7-22(17)39-23-6-4-15(11-19(23)30)32-26(35)28(8-9-28)27(36)33-16-3-5-18(29)21(34)12-16/h3-7,10-14,34H,8-9H2,1-2H3,(H,32,35)(H,33,36). The number of aromatic hydroxyl groups is 1. The number of hydrogen-bond acceptors (Lipinski definition) is 7. The summed E-state index contributed by atoms with van der Waals surface area (Å²) in [6.07, 6.45) is 2.08. The van der Waals surface area contributed by atoms with Crippen LogP contribution in [-0.2, 0) is 9.59 Å². The molecule has 39 heavy (non-hydrogen) atoms. The Kier molecular flexibility index (Phi) is 6.65. The second kappa shape index (κ2) is 10.1. The number of hydrogen-bond donors (Lipinski definition) is 3. The molecule has 0 spiro atoms. The summed E-state index contributed by atoms with van der Waals surface area (Å²) in [5, 5.41) is 15.2. The van der Waals surface area contributed by atoms with Gasteiger partial charge in [0.25, 0.3) is 0 Å². The normalized spacial score (nSPS) is 13.4. The van der Waals surface area contributed by atoms with Crippen molar-refractivity contribution in [1.82, 2.24) is 4.98 Å². The Balaban J connectivity index is 1.31. The molecule has 2 amide bonds. The molecule has 1 aromatic heterocycles. The number of halogens is 2. The van der Waals surface area contributed by atoms with E-state index < -0.39 is 34.6 Å². The van der Waals surface area contributed by atoms with Gasteiger partial charge in [0.2, 0.25) is 11.8 Å². The largest absolute Gasteiger partial charge is 0.505 e. The van der Waals surface area contributed by atoms with Gasteiger partial charge in [-0.15, -0.1) is 0 Å². The first kappa shape index (κ1) is 25.7. The predicted molar refractivity (Wildman–Crippen MR) is 138 cm³/mol. The predicted octanol–water partition coefficient (Wildman–Crippen LogP) is 5.39. The Labute approximate surface area is 221 Å². The second-order valence-electron chi connectivity index (χ2n) is 8.94. The second-order valence-corrected chi connectivity index (χ2v) is 8.94. The van der Waals surface area contributed by atoms with Crippen LogP contribution in [-0.4, -0.2) is 36.1 Å². The highest BCUT2D eigenvalue weighted by Gasteiger charge is 2.56. The maximum absolute atomic E-state index is 15.0. The number of pyridine rings is 1. The van der Waals surface area contributed by atoms with Crippen molar-refractivity contribution < 1.29 is 37.7 Å². The quantitative estimate of drug-likeness (QED) is 0.259. The van der Waals surface area contributed by atoms with Gasteiger partial charge in [0.05, 0.1) is 19.7 Å². The zero-order valence-electron chi connectivity index (χ0n) is 20.9. The highest BCUT2D eigenvalue weighted by Crippen LogP contribution is 2.48. The first-order valence-corrected chi connectivity index (χ1v) is 11.8. The number of phenolic OH excluding ortho intramolecular Hbond substituents is 1. The Morgan fingerprint density at radius 3 is 2.08 bits per heavy atom. The van der Waals surface area contributed by atoms with Gasteiger partial charge in [-0.25, -0.2) is 8.78 Å². The van der Waals surface area contributed by atoms with E-state index in [1.54, 1.807) is 18.2 Å². The van der Waals surface area contributed by atoms with E-state index in [-0.39, 0.29) is 30.0 Å².